The van der Waals surface area contributed by atoms with Gasteiger partial charge in [-0.05, 0) is 46.8 Å². The maximum absolute atomic E-state index is 13.4. The van der Waals surface area contributed by atoms with Crippen molar-refractivity contribution in [1.29, 1.82) is 0 Å². The molecule has 0 spiro atoms. The van der Waals surface area contributed by atoms with Crippen LogP contribution in [0.15, 0.2) is 53.3 Å². The highest BCUT2D eigenvalue weighted by molar-refractivity contribution is 7.22. The average Bonchev–Trinajstić information content (AvgIpc) is 3.60. The number of aromatic amines is 1. The monoisotopic (exact) mass is 532 g/mol. The molecule has 0 bridgehead atoms. The molecular formula is C26H28N8O3S. The molecule has 2 aromatic carbocycles. The highest BCUT2D eigenvalue weighted by Gasteiger charge is 2.33. The Labute approximate surface area is 222 Å². The third-order valence-corrected chi connectivity index (χ3v) is 8.02. The molecule has 1 aliphatic heterocycles. The van der Waals surface area contributed by atoms with Crippen molar-refractivity contribution in [3.63, 3.8) is 0 Å². The molecule has 38 heavy (non-hydrogen) atoms. The lowest BCUT2D eigenvalue weighted by Gasteiger charge is -2.38. The number of nitrogens with zero attached hydrogens (tertiary/aromatic N) is 7. The maximum atomic E-state index is 13.4. The summed E-state index contributed by atoms with van der Waals surface area (Å²) < 4.78 is 13.6. The Kier molecular flexibility index (Phi) is 6.75. The summed E-state index contributed by atoms with van der Waals surface area (Å²) >= 11 is 1.71. The van der Waals surface area contributed by atoms with Gasteiger partial charge in [-0.2, -0.15) is 0 Å². The highest BCUT2D eigenvalue weighted by Crippen LogP contribution is 2.32. The SMILES string of the molecule is COCCn1nnnc1[C@@H](c1cc2cc(OC)ccc2[nH]c1=O)N1CCN(c2nc3ccccc3s2)CC1. The number of H-pyrrole nitrogens is 1. The van der Waals surface area contributed by atoms with Crippen molar-refractivity contribution in [3.05, 3.63) is 70.3 Å². The zero-order valence-corrected chi connectivity index (χ0v) is 22.0. The number of tetrazole rings is 1. The van der Waals surface area contributed by atoms with Crippen molar-refractivity contribution in [2.24, 2.45) is 0 Å². The van der Waals surface area contributed by atoms with E-state index in [1.54, 1.807) is 30.2 Å². The van der Waals surface area contributed by atoms with Crippen LogP contribution in [-0.2, 0) is 11.3 Å². The van der Waals surface area contributed by atoms with E-state index in [2.05, 4.69) is 36.4 Å². The van der Waals surface area contributed by atoms with Crippen molar-refractivity contribution in [3.8, 4) is 5.75 Å². The van der Waals surface area contributed by atoms with Gasteiger partial charge in [-0.15, -0.1) is 5.10 Å². The van der Waals surface area contributed by atoms with Crippen LogP contribution in [0, 0.1) is 0 Å². The number of aromatic nitrogens is 6. The van der Waals surface area contributed by atoms with Gasteiger partial charge in [-0.1, -0.05) is 23.5 Å². The van der Waals surface area contributed by atoms with Crippen LogP contribution >= 0.6 is 11.3 Å². The number of piperazine rings is 1. The van der Waals surface area contributed by atoms with E-state index in [1.165, 1.54) is 4.70 Å². The van der Waals surface area contributed by atoms with Crippen LogP contribution in [0.5, 0.6) is 5.75 Å². The number of nitrogens with one attached hydrogen (secondary N) is 1. The lowest BCUT2D eigenvalue weighted by atomic mass is 10.0. The third kappa shape index (κ3) is 4.62. The van der Waals surface area contributed by atoms with Crippen molar-refractivity contribution < 1.29 is 9.47 Å². The summed E-state index contributed by atoms with van der Waals surface area (Å²) in [5.74, 6) is 1.34. The predicted molar refractivity (Wildman–Crippen MR) is 146 cm³/mol. The summed E-state index contributed by atoms with van der Waals surface area (Å²) in [5, 5.41) is 14.4. The van der Waals surface area contributed by atoms with Gasteiger partial charge in [0, 0.05) is 49.8 Å². The van der Waals surface area contributed by atoms with Crippen molar-refractivity contribution >= 4 is 37.6 Å². The van der Waals surface area contributed by atoms with Crippen LogP contribution in [0.1, 0.15) is 17.4 Å². The Bertz CT molecular complexity index is 1590. The Hall–Kier alpha value is -3.87. The van der Waals surface area contributed by atoms with Gasteiger partial charge in [-0.3, -0.25) is 9.69 Å². The van der Waals surface area contributed by atoms with Crippen LogP contribution in [0.4, 0.5) is 5.13 Å². The Morgan fingerprint density at radius 2 is 1.92 bits per heavy atom. The number of pyridine rings is 1. The summed E-state index contributed by atoms with van der Waals surface area (Å²) in [6.45, 7) is 3.92. The van der Waals surface area contributed by atoms with Crippen LogP contribution in [0.3, 0.4) is 0 Å². The number of anilines is 1. The number of para-hydroxylation sites is 1. The molecule has 11 nitrogen and oxygen atoms in total. The number of hydrogen-bond donors (Lipinski definition) is 1. The predicted octanol–water partition coefficient (Wildman–Crippen LogP) is 2.69. The average molecular weight is 533 g/mol. The van der Waals surface area contributed by atoms with Crippen LogP contribution < -0.4 is 15.2 Å². The number of benzene rings is 2. The second-order valence-corrected chi connectivity index (χ2v) is 10.2. The first kappa shape index (κ1) is 24.5. The van der Waals surface area contributed by atoms with E-state index < -0.39 is 6.04 Å². The second-order valence-electron chi connectivity index (χ2n) is 9.15. The van der Waals surface area contributed by atoms with Crippen molar-refractivity contribution in [2.45, 2.75) is 12.6 Å². The van der Waals surface area contributed by atoms with E-state index in [1.807, 2.05) is 42.5 Å². The van der Waals surface area contributed by atoms with Gasteiger partial charge in [-0.25, -0.2) is 9.67 Å². The largest absolute Gasteiger partial charge is 0.497 e. The molecule has 12 heteroatoms. The topological polar surface area (TPSA) is 114 Å². The summed E-state index contributed by atoms with van der Waals surface area (Å²) in [5.41, 5.74) is 2.19. The fraction of sp³-hybridized carbons (Fsp3) is 0.346. The molecular weight excluding hydrogens is 504 g/mol. The van der Waals surface area contributed by atoms with Gasteiger partial charge in [0.25, 0.3) is 5.56 Å². The van der Waals surface area contributed by atoms with Gasteiger partial charge >= 0.3 is 0 Å². The Morgan fingerprint density at radius 1 is 1.08 bits per heavy atom. The molecule has 0 radical (unpaired) electrons. The summed E-state index contributed by atoms with van der Waals surface area (Å²) in [6, 6.07) is 15.3. The molecule has 1 N–H and O–H groups in total. The molecule has 0 unspecified atom stereocenters. The molecule has 0 amide bonds. The first-order valence-electron chi connectivity index (χ1n) is 12.4. The lowest BCUT2D eigenvalue weighted by Crippen LogP contribution is -2.49. The first-order valence-corrected chi connectivity index (χ1v) is 13.3. The minimum absolute atomic E-state index is 0.164. The van der Waals surface area contributed by atoms with E-state index in [4.69, 9.17) is 14.5 Å². The summed E-state index contributed by atoms with van der Waals surface area (Å²) in [4.78, 5) is 25.9. The van der Waals surface area contributed by atoms with Crippen LogP contribution in [0.2, 0.25) is 0 Å². The number of hydrogen-bond acceptors (Lipinski definition) is 10. The maximum Gasteiger partial charge on any atom is 0.253 e. The molecule has 4 heterocycles. The molecule has 0 saturated carbocycles. The van der Waals surface area contributed by atoms with Gasteiger partial charge in [0.15, 0.2) is 11.0 Å². The normalized spacial score (nSPS) is 15.4. The summed E-state index contributed by atoms with van der Waals surface area (Å²) in [6.07, 6.45) is 0. The quantitative estimate of drug-likeness (QED) is 0.322. The van der Waals surface area contributed by atoms with E-state index in [9.17, 15) is 4.79 Å². The van der Waals surface area contributed by atoms with Crippen molar-refractivity contribution in [1.82, 2.24) is 35.1 Å². The van der Waals surface area contributed by atoms with E-state index in [0.29, 0.717) is 37.6 Å². The number of rotatable bonds is 8. The molecule has 5 aromatic rings. The molecule has 3 aromatic heterocycles. The second kappa shape index (κ2) is 10.5. The van der Waals surface area contributed by atoms with Crippen LogP contribution in [-0.4, -0.2) is 82.1 Å². The van der Waals surface area contributed by atoms with Crippen molar-refractivity contribution in [2.75, 3.05) is 51.9 Å². The minimum Gasteiger partial charge on any atom is -0.497 e. The molecule has 1 saturated heterocycles. The lowest BCUT2D eigenvalue weighted by molar-refractivity contribution is 0.171. The third-order valence-electron chi connectivity index (χ3n) is 6.92. The molecule has 1 aliphatic rings. The number of thiazole rings is 1. The highest BCUT2D eigenvalue weighted by atomic mass is 32.1. The number of ether oxygens (including phenoxy) is 2. The smallest absolute Gasteiger partial charge is 0.253 e. The molecule has 1 atom stereocenters. The fourth-order valence-electron chi connectivity index (χ4n) is 4.94. The molecule has 196 valence electrons. The van der Waals surface area contributed by atoms with Crippen LogP contribution in [0.25, 0.3) is 21.1 Å². The minimum atomic E-state index is -0.432. The first-order chi connectivity index (χ1) is 18.6. The zero-order valence-electron chi connectivity index (χ0n) is 21.2. The van der Waals surface area contributed by atoms with E-state index in [0.717, 1.165) is 40.4 Å². The van der Waals surface area contributed by atoms with E-state index in [-0.39, 0.29) is 5.56 Å². The Morgan fingerprint density at radius 3 is 2.71 bits per heavy atom. The fourth-order valence-corrected chi connectivity index (χ4v) is 5.96. The number of methoxy groups -OCH3 is 2. The molecule has 6 rings (SSSR count). The standard InChI is InChI=1S/C26H28N8O3S/c1-36-14-13-34-24(29-30-31-34)23(19-16-17-15-18(37-2)7-8-20(17)27-25(19)35)32-9-11-33(12-10-32)26-28-21-5-3-4-6-22(21)38-26/h3-8,15-16,23H,9-14H2,1-2H3,(H,27,35)/t23-/m1/s1. The van der Waals surface area contributed by atoms with Gasteiger partial charge in [0.1, 0.15) is 11.8 Å². The molecule has 1 fully saturated rings. The zero-order chi connectivity index (χ0) is 26.1. The summed E-state index contributed by atoms with van der Waals surface area (Å²) in [7, 11) is 3.27. The number of fused-ring (bicyclic) bond motifs is 2. The van der Waals surface area contributed by atoms with Gasteiger partial charge in [0.2, 0.25) is 0 Å². The van der Waals surface area contributed by atoms with E-state index >= 15 is 0 Å². The Balaban J connectivity index is 1.35. The van der Waals surface area contributed by atoms with Gasteiger partial charge < -0.3 is 19.4 Å². The molecule has 0 aliphatic carbocycles. The van der Waals surface area contributed by atoms with Gasteiger partial charge in [0.05, 0.1) is 30.5 Å².